The number of benzene rings is 1. The number of likely N-dealkylation sites (tertiary alicyclic amines) is 1. The Kier molecular flexibility index (Phi) is 4.60. The van der Waals surface area contributed by atoms with Crippen molar-refractivity contribution in [1.29, 1.82) is 0 Å². The molecule has 1 saturated heterocycles. The van der Waals surface area contributed by atoms with E-state index in [-0.39, 0.29) is 16.8 Å². The summed E-state index contributed by atoms with van der Waals surface area (Å²) in [6.07, 6.45) is 1.52. The van der Waals surface area contributed by atoms with E-state index in [1.807, 2.05) is 13.8 Å². The second-order valence-electron chi connectivity index (χ2n) is 5.82. The van der Waals surface area contributed by atoms with Gasteiger partial charge < -0.3 is 10.2 Å². The fraction of sp³-hybridized carbons (Fsp3) is 0.500. The molecule has 0 spiro atoms. The molecular formula is C14H19N3O5S. The van der Waals surface area contributed by atoms with Gasteiger partial charge in [0, 0.05) is 30.6 Å². The lowest BCUT2D eigenvalue weighted by atomic mass is 10.2. The molecule has 0 aromatic heterocycles. The van der Waals surface area contributed by atoms with Crippen LogP contribution in [0.5, 0.6) is 0 Å². The third-order valence-corrected chi connectivity index (χ3v) is 4.89. The fourth-order valence-corrected chi connectivity index (χ4v) is 3.47. The molecule has 0 saturated carbocycles. The van der Waals surface area contributed by atoms with Crippen LogP contribution in [0, 0.1) is 10.1 Å². The van der Waals surface area contributed by atoms with Crippen molar-refractivity contribution in [3.05, 3.63) is 28.3 Å². The minimum Gasteiger partial charge on any atom is -0.374 e. The van der Waals surface area contributed by atoms with Crippen molar-refractivity contribution in [3.8, 4) is 0 Å². The van der Waals surface area contributed by atoms with Crippen LogP contribution >= 0.6 is 0 Å². The first-order valence-corrected chi connectivity index (χ1v) is 9.06. The maximum atomic E-state index is 12.2. The lowest BCUT2D eigenvalue weighted by Crippen LogP contribution is -2.37. The van der Waals surface area contributed by atoms with E-state index in [4.69, 9.17) is 0 Å². The molecule has 1 N–H and O–H groups in total. The molecule has 0 radical (unpaired) electrons. The Morgan fingerprint density at radius 1 is 1.39 bits per heavy atom. The van der Waals surface area contributed by atoms with Gasteiger partial charge in [-0.2, -0.15) is 0 Å². The Hall–Kier alpha value is -2.16. The summed E-state index contributed by atoms with van der Waals surface area (Å²) >= 11 is 0. The highest BCUT2D eigenvalue weighted by Crippen LogP contribution is 2.28. The largest absolute Gasteiger partial charge is 0.374 e. The van der Waals surface area contributed by atoms with E-state index in [2.05, 4.69) is 5.32 Å². The Bertz CT molecular complexity index is 745. The first kappa shape index (κ1) is 17.2. The standard InChI is InChI=1S/C14H19N3O5S/c1-9(2)16-7-6-11(14(16)18)15-10-4-5-12(17(19)20)13(8-10)23(3,21)22/h4-5,8-9,11,15H,6-7H2,1-3H3. The molecule has 9 heteroatoms. The van der Waals surface area contributed by atoms with Gasteiger partial charge in [0.2, 0.25) is 5.91 Å². The zero-order valence-electron chi connectivity index (χ0n) is 13.1. The van der Waals surface area contributed by atoms with Gasteiger partial charge in [0.05, 0.1) is 4.92 Å². The molecule has 0 bridgehead atoms. The summed E-state index contributed by atoms with van der Waals surface area (Å²) in [5.41, 5.74) is -0.0976. The SMILES string of the molecule is CC(C)N1CCC(Nc2ccc([N+](=O)[O-])c(S(C)(=O)=O)c2)C1=O. The number of carbonyl (C=O) groups excluding carboxylic acids is 1. The topological polar surface area (TPSA) is 110 Å². The van der Waals surface area contributed by atoms with Crippen molar-refractivity contribution < 1.29 is 18.1 Å². The molecule has 2 rings (SSSR count). The molecule has 1 aromatic rings. The van der Waals surface area contributed by atoms with Crippen LogP contribution in [-0.2, 0) is 14.6 Å². The predicted molar refractivity (Wildman–Crippen MR) is 85.1 cm³/mol. The Labute approximate surface area is 134 Å². The van der Waals surface area contributed by atoms with Crippen LogP contribution in [0.1, 0.15) is 20.3 Å². The average Bonchev–Trinajstić information content (AvgIpc) is 2.79. The highest BCUT2D eigenvalue weighted by molar-refractivity contribution is 7.90. The number of sulfone groups is 1. The molecule has 1 aromatic carbocycles. The summed E-state index contributed by atoms with van der Waals surface area (Å²) < 4.78 is 23.5. The van der Waals surface area contributed by atoms with Gasteiger partial charge in [-0.05, 0) is 32.4 Å². The van der Waals surface area contributed by atoms with Gasteiger partial charge in [-0.3, -0.25) is 14.9 Å². The van der Waals surface area contributed by atoms with E-state index in [0.717, 1.165) is 12.3 Å². The average molecular weight is 341 g/mol. The fourth-order valence-electron chi connectivity index (χ4n) is 2.60. The number of nitro groups is 1. The van der Waals surface area contributed by atoms with Gasteiger partial charge in [0.25, 0.3) is 5.69 Å². The number of anilines is 1. The second-order valence-corrected chi connectivity index (χ2v) is 7.81. The lowest BCUT2D eigenvalue weighted by molar-refractivity contribution is -0.387. The van der Waals surface area contributed by atoms with Gasteiger partial charge in [0.15, 0.2) is 9.84 Å². The number of hydrogen-bond acceptors (Lipinski definition) is 6. The van der Waals surface area contributed by atoms with Gasteiger partial charge in [-0.1, -0.05) is 0 Å². The number of amides is 1. The van der Waals surface area contributed by atoms with Crippen LogP contribution in [0.15, 0.2) is 23.1 Å². The summed E-state index contributed by atoms with van der Waals surface area (Å²) in [7, 11) is -3.75. The maximum Gasteiger partial charge on any atom is 0.288 e. The predicted octanol–water partition coefficient (Wildman–Crippen LogP) is 1.42. The van der Waals surface area contributed by atoms with E-state index < -0.39 is 26.5 Å². The molecule has 1 aliphatic rings. The third kappa shape index (κ3) is 3.61. The minimum absolute atomic E-state index is 0.0562. The van der Waals surface area contributed by atoms with Crippen LogP contribution in [0.25, 0.3) is 0 Å². The van der Waals surface area contributed by atoms with Gasteiger partial charge in [-0.15, -0.1) is 0 Å². The third-order valence-electron chi connectivity index (χ3n) is 3.76. The summed E-state index contributed by atoms with van der Waals surface area (Å²) in [5, 5.41) is 13.9. The summed E-state index contributed by atoms with van der Waals surface area (Å²) in [4.78, 5) is 23.8. The van der Waals surface area contributed by atoms with E-state index >= 15 is 0 Å². The second kappa shape index (κ2) is 6.15. The number of nitrogens with one attached hydrogen (secondary N) is 1. The van der Waals surface area contributed by atoms with Crippen molar-refractivity contribution in [3.63, 3.8) is 0 Å². The maximum absolute atomic E-state index is 12.2. The van der Waals surface area contributed by atoms with Crippen LogP contribution in [0.2, 0.25) is 0 Å². The van der Waals surface area contributed by atoms with Crippen molar-refractivity contribution in [2.45, 2.75) is 37.2 Å². The molecule has 8 nitrogen and oxygen atoms in total. The van der Waals surface area contributed by atoms with Crippen molar-refractivity contribution in [1.82, 2.24) is 4.90 Å². The van der Waals surface area contributed by atoms with E-state index in [0.29, 0.717) is 18.7 Å². The normalized spacial score (nSPS) is 18.5. The molecule has 1 aliphatic heterocycles. The highest BCUT2D eigenvalue weighted by atomic mass is 32.2. The molecule has 1 unspecified atom stereocenters. The number of nitrogens with zero attached hydrogens (tertiary/aromatic N) is 2. The summed E-state index contributed by atoms with van der Waals surface area (Å²) in [6.45, 7) is 4.47. The number of nitro benzene ring substituents is 1. The Balaban J connectivity index is 2.29. The van der Waals surface area contributed by atoms with Gasteiger partial charge in [-0.25, -0.2) is 8.42 Å². The smallest absolute Gasteiger partial charge is 0.288 e. The molecule has 1 fully saturated rings. The van der Waals surface area contributed by atoms with E-state index in [1.165, 1.54) is 12.1 Å². The van der Waals surface area contributed by atoms with Crippen molar-refractivity contribution in [2.75, 3.05) is 18.1 Å². The van der Waals surface area contributed by atoms with Crippen LogP contribution in [0.3, 0.4) is 0 Å². The molecule has 23 heavy (non-hydrogen) atoms. The summed E-state index contributed by atoms with van der Waals surface area (Å²) in [6, 6.07) is 3.40. The van der Waals surface area contributed by atoms with E-state index in [9.17, 15) is 23.3 Å². The minimum atomic E-state index is -3.75. The molecule has 1 amide bonds. The number of rotatable bonds is 5. The first-order chi connectivity index (χ1) is 10.6. The monoisotopic (exact) mass is 341 g/mol. The van der Waals surface area contributed by atoms with Crippen LogP contribution in [0.4, 0.5) is 11.4 Å². The quantitative estimate of drug-likeness (QED) is 0.641. The lowest BCUT2D eigenvalue weighted by Gasteiger charge is -2.21. The number of hydrogen-bond donors (Lipinski definition) is 1. The zero-order chi connectivity index (χ0) is 17.4. The number of carbonyl (C=O) groups is 1. The Morgan fingerprint density at radius 2 is 2.04 bits per heavy atom. The molecule has 1 atom stereocenters. The first-order valence-electron chi connectivity index (χ1n) is 7.16. The van der Waals surface area contributed by atoms with Crippen LogP contribution < -0.4 is 5.32 Å². The van der Waals surface area contributed by atoms with Crippen molar-refractivity contribution >= 4 is 27.1 Å². The molecular weight excluding hydrogens is 322 g/mol. The summed E-state index contributed by atoms with van der Waals surface area (Å²) in [5.74, 6) is -0.0562. The van der Waals surface area contributed by atoms with Crippen LogP contribution in [-0.4, -0.2) is 49.0 Å². The van der Waals surface area contributed by atoms with Gasteiger partial charge >= 0.3 is 0 Å². The zero-order valence-corrected chi connectivity index (χ0v) is 14.0. The van der Waals surface area contributed by atoms with E-state index in [1.54, 1.807) is 4.90 Å². The molecule has 1 heterocycles. The highest BCUT2D eigenvalue weighted by Gasteiger charge is 2.33. The van der Waals surface area contributed by atoms with Gasteiger partial charge in [0.1, 0.15) is 10.9 Å². The Morgan fingerprint density at radius 3 is 2.52 bits per heavy atom. The van der Waals surface area contributed by atoms with Crippen molar-refractivity contribution in [2.24, 2.45) is 0 Å². The molecule has 126 valence electrons. The molecule has 0 aliphatic carbocycles.